The van der Waals surface area contributed by atoms with Crippen LogP contribution in [0.3, 0.4) is 0 Å². The average Bonchev–Trinajstić information content (AvgIpc) is 2.38. The number of rotatable bonds is 4. The smallest absolute Gasteiger partial charge is 0.341 e. The Hall–Kier alpha value is -2.14. The van der Waals surface area contributed by atoms with Gasteiger partial charge in [-0.1, -0.05) is 29.8 Å². The highest BCUT2D eigenvalue weighted by Gasteiger charge is 2.14. The SMILES string of the molecule is O=C(O)c1cc(F)cnc1OCc1ccccc1Cl. The maximum Gasteiger partial charge on any atom is 0.341 e. The first-order valence-corrected chi connectivity index (χ1v) is 5.71. The molecule has 0 aliphatic heterocycles. The van der Waals surface area contributed by atoms with Gasteiger partial charge in [0.05, 0.1) is 6.20 Å². The second kappa shape index (κ2) is 5.67. The van der Waals surface area contributed by atoms with Crippen molar-refractivity contribution in [1.82, 2.24) is 4.98 Å². The van der Waals surface area contributed by atoms with Gasteiger partial charge in [0.25, 0.3) is 0 Å². The quantitative estimate of drug-likeness (QED) is 0.935. The van der Waals surface area contributed by atoms with Gasteiger partial charge in [0.1, 0.15) is 18.0 Å². The molecule has 4 nitrogen and oxygen atoms in total. The molecule has 0 radical (unpaired) electrons. The summed E-state index contributed by atoms with van der Waals surface area (Å²) in [6, 6.07) is 7.84. The van der Waals surface area contributed by atoms with Crippen LogP contribution in [0.4, 0.5) is 4.39 Å². The molecular weight excluding hydrogens is 273 g/mol. The second-order valence-electron chi connectivity index (χ2n) is 3.69. The maximum absolute atomic E-state index is 12.9. The van der Waals surface area contributed by atoms with Gasteiger partial charge in [-0.2, -0.15) is 0 Å². The third-order valence-electron chi connectivity index (χ3n) is 2.37. The first kappa shape index (κ1) is 13.3. The fourth-order valence-corrected chi connectivity index (χ4v) is 1.65. The number of aromatic nitrogens is 1. The highest BCUT2D eigenvalue weighted by atomic mass is 35.5. The van der Waals surface area contributed by atoms with E-state index in [1.54, 1.807) is 24.3 Å². The van der Waals surface area contributed by atoms with Crippen molar-refractivity contribution in [3.63, 3.8) is 0 Å². The van der Waals surface area contributed by atoms with Crippen LogP contribution in [0.1, 0.15) is 15.9 Å². The number of nitrogens with zero attached hydrogens (tertiary/aromatic N) is 1. The largest absolute Gasteiger partial charge is 0.477 e. The molecule has 0 unspecified atom stereocenters. The number of benzene rings is 1. The molecule has 98 valence electrons. The molecule has 1 heterocycles. The minimum absolute atomic E-state index is 0.0542. The number of halogens is 2. The lowest BCUT2D eigenvalue weighted by molar-refractivity contribution is 0.0690. The Balaban J connectivity index is 2.20. The first-order valence-electron chi connectivity index (χ1n) is 5.33. The number of ether oxygens (including phenoxy) is 1. The number of pyridine rings is 1. The van der Waals surface area contributed by atoms with E-state index in [4.69, 9.17) is 21.4 Å². The van der Waals surface area contributed by atoms with Crippen LogP contribution >= 0.6 is 11.6 Å². The highest BCUT2D eigenvalue weighted by molar-refractivity contribution is 6.31. The standard InChI is InChI=1S/C13H9ClFNO3/c14-11-4-2-1-3-8(11)7-19-12-10(13(17)18)5-9(15)6-16-12/h1-6H,7H2,(H,17,18). The van der Waals surface area contributed by atoms with E-state index < -0.39 is 11.8 Å². The van der Waals surface area contributed by atoms with E-state index in [1.807, 2.05) is 0 Å². The Bertz CT molecular complexity index is 619. The van der Waals surface area contributed by atoms with Crippen LogP contribution in [0.25, 0.3) is 0 Å². The number of carbonyl (C=O) groups is 1. The molecule has 1 aromatic heterocycles. The van der Waals surface area contributed by atoms with Crippen molar-refractivity contribution in [3.05, 3.63) is 58.5 Å². The maximum atomic E-state index is 12.9. The zero-order valence-corrected chi connectivity index (χ0v) is 10.4. The molecule has 19 heavy (non-hydrogen) atoms. The van der Waals surface area contributed by atoms with Crippen LogP contribution in [-0.2, 0) is 6.61 Å². The lowest BCUT2D eigenvalue weighted by Crippen LogP contribution is -2.06. The van der Waals surface area contributed by atoms with E-state index in [0.29, 0.717) is 10.6 Å². The van der Waals surface area contributed by atoms with Crippen molar-refractivity contribution in [2.24, 2.45) is 0 Å². The Morgan fingerprint density at radius 1 is 1.42 bits per heavy atom. The molecule has 2 rings (SSSR count). The van der Waals surface area contributed by atoms with Crippen molar-refractivity contribution < 1.29 is 19.0 Å². The monoisotopic (exact) mass is 281 g/mol. The molecule has 1 N–H and O–H groups in total. The van der Waals surface area contributed by atoms with Crippen LogP contribution in [0.2, 0.25) is 5.02 Å². The third-order valence-corrected chi connectivity index (χ3v) is 2.74. The molecule has 6 heteroatoms. The molecule has 0 atom stereocenters. The van der Waals surface area contributed by atoms with E-state index in [2.05, 4.69) is 4.98 Å². The van der Waals surface area contributed by atoms with Gasteiger partial charge >= 0.3 is 5.97 Å². The van der Waals surface area contributed by atoms with Gasteiger partial charge in [-0.15, -0.1) is 0 Å². The van der Waals surface area contributed by atoms with Gasteiger partial charge in [0.15, 0.2) is 0 Å². The topological polar surface area (TPSA) is 59.4 Å². The summed E-state index contributed by atoms with van der Waals surface area (Å²) in [6.45, 7) is 0.0542. The molecule has 0 amide bonds. The molecule has 0 aliphatic rings. The van der Waals surface area contributed by atoms with Crippen molar-refractivity contribution in [2.45, 2.75) is 6.61 Å². The molecule has 0 bridgehead atoms. The Labute approximate surface area is 113 Å². The summed E-state index contributed by atoms with van der Waals surface area (Å²) in [4.78, 5) is 14.6. The molecule has 0 saturated carbocycles. The summed E-state index contributed by atoms with van der Waals surface area (Å²) >= 11 is 5.94. The van der Waals surface area contributed by atoms with Crippen molar-refractivity contribution in [2.75, 3.05) is 0 Å². The molecule has 0 saturated heterocycles. The van der Waals surface area contributed by atoms with Crippen LogP contribution in [-0.4, -0.2) is 16.1 Å². The Morgan fingerprint density at radius 3 is 2.84 bits per heavy atom. The van der Waals surface area contributed by atoms with Crippen molar-refractivity contribution >= 4 is 17.6 Å². The summed E-state index contributed by atoms with van der Waals surface area (Å²) in [5.41, 5.74) is 0.360. The summed E-state index contributed by atoms with van der Waals surface area (Å²) < 4.78 is 18.2. The van der Waals surface area contributed by atoms with Gasteiger partial charge in [-0.05, 0) is 12.1 Å². The number of carboxylic acids is 1. The third kappa shape index (κ3) is 3.20. The number of aromatic carboxylic acids is 1. The summed E-state index contributed by atoms with van der Waals surface area (Å²) in [5.74, 6) is -2.18. The van der Waals surface area contributed by atoms with Gasteiger partial charge in [-0.25, -0.2) is 14.2 Å². The van der Waals surface area contributed by atoms with E-state index in [-0.39, 0.29) is 18.1 Å². The molecule has 0 spiro atoms. The fraction of sp³-hybridized carbons (Fsp3) is 0.0769. The number of hydrogen-bond donors (Lipinski definition) is 1. The minimum Gasteiger partial charge on any atom is -0.477 e. The summed E-state index contributed by atoms with van der Waals surface area (Å²) in [7, 11) is 0. The minimum atomic E-state index is -1.30. The van der Waals surface area contributed by atoms with E-state index in [1.165, 1.54) is 0 Å². The normalized spacial score (nSPS) is 10.2. The van der Waals surface area contributed by atoms with Crippen LogP contribution in [0, 0.1) is 5.82 Å². The predicted molar refractivity (Wildman–Crippen MR) is 66.9 cm³/mol. The van der Waals surface area contributed by atoms with Crippen LogP contribution in [0.15, 0.2) is 36.5 Å². The molecular formula is C13H9ClFNO3. The lowest BCUT2D eigenvalue weighted by Gasteiger charge is -2.09. The number of hydrogen-bond acceptors (Lipinski definition) is 3. The van der Waals surface area contributed by atoms with E-state index in [0.717, 1.165) is 12.3 Å². The highest BCUT2D eigenvalue weighted by Crippen LogP contribution is 2.20. The van der Waals surface area contributed by atoms with Gasteiger partial charge in [-0.3, -0.25) is 0 Å². The Morgan fingerprint density at radius 2 is 2.16 bits per heavy atom. The van der Waals surface area contributed by atoms with Gasteiger partial charge in [0.2, 0.25) is 5.88 Å². The second-order valence-corrected chi connectivity index (χ2v) is 4.10. The number of carboxylic acid groups (broad SMARTS) is 1. The zero-order valence-electron chi connectivity index (χ0n) is 9.64. The van der Waals surface area contributed by atoms with Crippen molar-refractivity contribution in [1.29, 1.82) is 0 Å². The lowest BCUT2D eigenvalue weighted by atomic mass is 10.2. The molecule has 2 aromatic rings. The van der Waals surface area contributed by atoms with Crippen molar-refractivity contribution in [3.8, 4) is 5.88 Å². The van der Waals surface area contributed by atoms with Gasteiger partial charge < -0.3 is 9.84 Å². The fourth-order valence-electron chi connectivity index (χ4n) is 1.46. The molecule has 0 fully saturated rings. The van der Waals surface area contributed by atoms with Crippen LogP contribution < -0.4 is 4.74 Å². The van der Waals surface area contributed by atoms with Crippen LogP contribution in [0.5, 0.6) is 5.88 Å². The predicted octanol–water partition coefficient (Wildman–Crippen LogP) is 3.15. The summed E-state index contributed by atoms with van der Waals surface area (Å²) in [6.07, 6.45) is 0.897. The van der Waals surface area contributed by atoms with E-state index in [9.17, 15) is 9.18 Å². The zero-order chi connectivity index (χ0) is 13.8. The van der Waals surface area contributed by atoms with E-state index >= 15 is 0 Å². The summed E-state index contributed by atoms with van der Waals surface area (Å²) in [5, 5.41) is 9.43. The first-order chi connectivity index (χ1) is 9.08. The van der Waals surface area contributed by atoms with Gasteiger partial charge in [0, 0.05) is 10.6 Å². The molecule has 0 aliphatic carbocycles. The Kier molecular flexibility index (Phi) is 3.97. The molecule has 1 aromatic carbocycles. The average molecular weight is 282 g/mol.